The number of anilines is 4. The SMILES string of the molecule is Nc1ccc(-c2ccc3c(c2)C(=O)N(c2cc(-c4ccccc4)c(S(=O)(=O)c4cc(-c5ccccc5)c(N5C(=O)c6ccc(-c7ccc(N)cc7)cc6C5=O)c(-c5ccccc5)c4)cc2-c2ccccc2)C3=O)cc1. The predicted molar refractivity (Wildman–Crippen MR) is 295 cm³/mol. The molecule has 2 aliphatic rings. The Bertz CT molecular complexity index is 4030. The van der Waals surface area contributed by atoms with E-state index in [0.717, 1.165) is 20.9 Å². The number of carbonyl (C=O) groups excluding carboxylic acids is 4. The van der Waals surface area contributed by atoms with E-state index in [9.17, 15) is 19.2 Å². The van der Waals surface area contributed by atoms with Crippen LogP contribution >= 0.6 is 0 Å². The van der Waals surface area contributed by atoms with Gasteiger partial charge in [0.1, 0.15) is 0 Å². The van der Waals surface area contributed by atoms with E-state index in [4.69, 9.17) is 11.5 Å². The molecule has 10 nitrogen and oxygen atoms in total. The molecule has 4 amide bonds. The van der Waals surface area contributed by atoms with Crippen molar-refractivity contribution in [2.75, 3.05) is 21.3 Å². The molecule has 10 aromatic carbocycles. The minimum absolute atomic E-state index is 0.111. The number of carbonyl (C=O) groups is 4. The van der Waals surface area contributed by atoms with Gasteiger partial charge in [0.25, 0.3) is 23.6 Å². The minimum atomic E-state index is -4.62. The normalized spacial score (nSPS) is 13.1. The molecule has 75 heavy (non-hydrogen) atoms. The van der Waals surface area contributed by atoms with E-state index in [1.807, 2.05) is 48.5 Å². The van der Waals surface area contributed by atoms with Gasteiger partial charge in [0, 0.05) is 33.6 Å². The quantitative estimate of drug-likeness (QED) is 0.101. The number of rotatable bonds is 10. The van der Waals surface area contributed by atoms with E-state index in [1.165, 1.54) is 18.2 Å². The summed E-state index contributed by atoms with van der Waals surface area (Å²) in [6.07, 6.45) is 0. The monoisotopic (exact) mass is 994 g/mol. The van der Waals surface area contributed by atoms with Crippen LogP contribution in [0.3, 0.4) is 0 Å². The molecule has 12 rings (SSSR count). The van der Waals surface area contributed by atoms with Gasteiger partial charge in [-0.15, -0.1) is 0 Å². The highest BCUT2D eigenvalue weighted by Crippen LogP contribution is 2.48. The fourth-order valence-corrected chi connectivity index (χ4v) is 11.6. The number of benzene rings is 10. The number of hydrogen-bond donors (Lipinski definition) is 2. The van der Waals surface area contributed by atoms with Crippen molar-refractivity contribution in [3.05, 3.63) is 253 Å². The summed E-state index contributed by atoms with van der Waals surface area (Å²) in [5.74, 6) is -2.26. The van der Waals surface area contributed by atoms with Crippen molar-refractivity contribution in [1.29, 1.82) is 0 Å². The van der Waals surface area contributed by atoms with Crippen LogP contribution in [0.2, 0.25) is 0 Å². The molecule has 2 aliphatic heterocycles. The fourth-order valence-electron chi connectivity index (χ4n) is 10.1. The third-order valence-electron chi connectivity index (χ3n) is 13.8. The van der Waals surface area contributed by atoms with Crippen LogP contribution in [0.25, 0.3) is 66.8 Å². The Kier molecular flexibility index (Phi) is 11.2. The average Bonchev–Trinajstić information content (AvgIpc) is 3.89. The molecule has 4 N–H and O–H groups in total. The summed E-state index contributed by atoms with van der Waals surface area (Å²) in [5, 5.41) is 0. The lowest BCUT2D eigenvalue weighted by Gasteiger charge is -2.25. The summed E-state index contributed by atoms with van der Waals surface area (Å²) >= 11 is 0. The average molecular weight is 995 g/mol. The van der Waals surface area contributed by atoms with E-state index in [0.29, 0.717) is 61.4 Å². The van der Waals surface area contributed by atoms with Gasteiger partial charge in [-0.3, -0.25) is 19.2 Å². The largest absolute Gasteiger partial charge is 0.399 e. The van der Waals surface area contributed by atoms with Crippen LogP contribution in [-0.2, 0) is 9.84 Å². The molecule has 11 heteroatoms. The molecule has 10 aromatic rings. The van der Waals surface area contributed by atoms with Crippen LogP contribution in [0.1, 0.15) is 41.4 Å². The van der Waals surface area contributed by atoms with Crippen molar-refractivity contribution in [3.8, 4) is 66.8 Å². The molecule has 0 unspecified atom stereocenters. The second-order valence-electron chi connectivity index (χ2n) is 18.4. The second kappa shape index (κ2) is 18.3. The molecule has 0 fully saturated rings. The Labute approximate surface area is 432 Å². The number of nitrogens with two attached hydrogens (primary N) is 2. The number of nitrogen functional groups attached to an aromatic ring is 2. The molecule has 360 valence electrons. The van der Waals surface area contributed by atoms with E-state index in [2.05, 4.69) is 0 Å². The Hall–Kier alpha value is -9.97. The molecule has 0 bridgehead atoms. The third-order valence-corrected chi connectivity index (χ3v) is 15.6. The second-order valence-corrected chi connectivity index (χ2v) is 20.3. The van der Waals surface area contributed by atoms with Gasteiger partial charge in [0.05, 0.1) is 43.4 Å². The van der Waals surface area contributed by atoms with Crippen molar-refractivity contribution >= 4 is 56.2 Å². The van der Waals surface area contributed by atoms with Gasteiger partial charge in [-0.25, -0.2) is 18.2 Å². The van der Waals surface area contributed by atoms with E-state index in [-0.39, 0.29) is 49.0 Å². The molecule has 0 saturated heterocycles. The van der Waals surface area contributed by atoms with Gasteiger partial charge in [-0.1, -0.05) is 158 Å². The highest BCUT2D eigenvalue weighted by molar-refractivity contribution is 7.91. The molecule has 0 spiro atoms. The van der Waals surface area contributed by atoms with Gasteiger partial charge in [0.15, 0.2) is 0 Å². The van der Waals surface area contributed by atoms with E-state index in [1.54, 1.807) is 164 Å². The molecule has 2 heterocycles. The van der Waals surface area contributed by atoms with Crippen molar-refractivity contribution in [2.24, 2.45) is 0 Å². The molecular formula is C64H42N4O6S. The lowest BCUT2D eigenvalue weighted by atomic mass is 9.95. The van der Waals surface area contributed by atoms with Crippen LogP contribution in [0.15, 0.2) is 240 Å². The molecule has 0 aliphatic carbocycles. The Balaban J connectivity index is 1.06. The van der Waals surface area contributed by atoms with Crippen molar-refractivity contribution in [1.82, 2.24) is 0 Å². The zero-order valence-corrected chi connectivity index (χ0v) is 40.7. The van der Waals surface area contributed by atoms with Crippen LogP contribution in [0.4, 0.5) is 22.7 Å². The maximum Gasteiger partial charge on any atom is 0.266 e. The van der Waals surface area contributed by atoms with Crippen LogP contribution in [0, 0.1) is 0 Å². The zero-order chi connectivity index (χ0) is 51.5. The standard InChI is InChI=1S/C64H42N4O6S/c65-47-27-21-39(22-28-47)45-25-31-50-56(33-45)63(71)67(61(50)69)58-37-53(42-15-7-2-8-16-42)59(38-52(58)41-13-5-1-6-14-41)75(73,74)49-35-54(43-17-9-3-10-18-43)60(55(36-49)44-19-11-4-12-20-44)68-62(70)51-32-26-46(34-57(51)64(68)72)40-23-29-48(66)30-24-40/h1-38H,65-66H2. The zero-order valence-electron chi connectivity index (χ0n) is 39.8. The van der Waals surface area contributed by atoms with Gasteiger partial charge in [-0.2, -0.15) is 0 Å². The summed E-state index contributed by atoms with van der Waals surface area (Å²) < 4.78 is 32.3. The van der Waals surface area contributed by atoms with Gasteiger partial charge >= 0.3 is 0 Å². The predicted octanol–water partition coefficient (Wildman–Crippen LogP) is 13.3. The van der Waals surface area contributed by atoms with Gasteiger partial charge in [0.2, 0.25) is 9.84 Å². The Morgan fingerprint density at radius 1 is 0.293 bits per heavy atom. The first kappa shape index (κ1) is 46.1. The first-order chi connectivity index (χ1) is 36.4. The van der Waals surface area contributed by atoms with Crippen molar-refractivity contribution in [3.63, 3.8) is 0 Å². The van der Waals surface area contributed by atoms with Crippen molar-refractivity contribution in [2.45, 2.75) is 9.79 Å². The minimum Gasteiger partial charge on any atom is -0.399 e. The lowest BCUT2D eigenvalue weighted by molar-refractivity contribution is 0.0910. The highest BCUT2D eigenvalue weighted by Gasteiger charge is 2.42. The maximum absolute atomic E-state index is 16.1. The summed E-state index contributed by atoms with van der Waals surface area (Å²) in [6, 6.07) is 66.9. The molecule has 0 atom stereocenters. The summed E-state index contributed by atoms with van der Waals surface area (Å²) in [5.41, 5.74) is 20.7. The number of fused-ring (bicyclic) bond motifs is 2. The summed E-state index contributed by atoms with van der Waals surface area (Å²) in [6.45, 7) is 0. The number of imide groups is 2. The smallest absolute Gasteiger partial charge is 0.266 e. The Morgan fingerprint density at radius 3 is 1.09 bits per heavy atom. The van der Waals surface area contributed by atoms with Gasteiger partial charge < -0.3 is 11.5 Å². The summed E-state index contributed by atoms with van der Waals surface area (Å²) in [7, 11) is -4.62. The first-order valence-corrected chi connectivity index (χ1v) is 25.5. The third kappa shape index (κ3) is 7.95. The molecule has 0 radical (unpaired) electrons. The number of amides is 4. The lowest BCUT2D eigenvalue weighted by Crippen LogP contribution is -2.30. The number of sulfone groups is 1. The topological polar surface area (TPSA) is 161 Å². The number of hydrogen-bond acceptors (Lipinski definition) is 8. The van der Waals surface area contributed by atoms with Crippen LogP contribution in [-0.4, -0.2) is 32.0 Å². The van der Waals surface area contributed by atoms with Gasteiger partial charge in [-0.05, 0) is 117 Å². The molecular weight excluding hydrogens is 953 g/mol. The van der Waals surface area contributed by atoms with E-state index < -0.39 is 33.5 Å². The van der Waals surface area contributed by atoms with Crippen molar-refractivity contribution < 1.29 is 27.6 Å². The summed E-state index contributed by atoms with van der Waals surface area (Å²) in [4.78, 5) is 61.2. The first-order valence-electron chi connectivity index (χ1n) is 24.0. The molecule has 0 saturated carbocycles. The van der Waals surface area contributed by atoms with Crippen LogP contribution in [0.5, 0.6) is 0 Å². The maximum atomic E-state index is 16.1. The fraction of sp³-hybridized carbons (Fsp3) is 0. The Morgan fingerprint density at radius 2 is 0.653 bits per heavy atom. The number of nitrogens with zero attached hydrogens (tertiary/aromatic N) is 2. The van der Waals surface area contributed by atoms with Crippen LogP contribution < -0.4 is 21.3 Å². The molecule has 0 aromatic heterocycles. The van der Waals surface area contributed by atoms with E-state index >= 15 is 8.42 Å². The highest BCUT2D eigenvalue weighted by atomic mass is 32.2.